The van der Waals surface area contributed by atoms with E-state index in [1.54, 1.807) is 0 Å². The fourth-order valence-corrected chi connectivity index (χ4v) is 3.91. The molecular formula is C20H18F3N3O2S. The molecule has 0 unspecified atom stereocenters. The standard InChI is InChI=1S/C20H18F3N3O2S/c1-11-3-4-13(12(2)7-11)5-6-24-17-9-15(25-10-26-17)16-8-14(20(21,22)23)18(29-16)19(27)28/h3-4,7-10H,5-6H2,1-2H3,(H,27,28)(H,24,25,26). The summed E-state index contributed by atoms with van der Waals surface area (Å²) in [5.74, 6) is -1.16. The first-order chi connectivity index (χ1) is 13.6. The summed E-state index contributed by atoms with van der Waals surface area (Å²) < 4.78 is 39.3. The number of halogens is 3. The second-order valence-electron chi connectivity index (χ2n) is 6.55. The van der Waals surface area contributed by atoms with Gasteiger partial charge in [0.25, 0.3) is 0 Å². The molecule has 0 amide bonds. The lowest BCUT2D eigenvalue weighted by molar-refractivity contribution is -0.137. The molecule has 0 spiro atoms. The van der Waals surface area contributed by atoms with Gasteiger partial charge in [0.05, 0.1) is 16.1 Å². The first kappa shape index (κ1) is 20.8. The van der Waals surface area contributed by atoms with Crippen LogP contribution in [0.15, 0.2) is 36.7 Å². The van der Waals surface area contributed by atoms with Crippen LogP contribution in [0.5, 0.6) is 0 Å². The van der Waals surface area contributed by atoms with E-state index in [2.05, 4.69) is 27.4 Å². The lowest BCUT2D eigenvalue weighted by Crippen LogP contribution is -2.09. The number of benzene rings is 1. The summed E-state index contributed by atoms with van der Waals surface area (Å²) in [6.07, 6.45) is -2.75. The molecule has 2 heterocycles. The molecule has 0 aliphatic carbocycles. The molecule has 2 N–H and O–H groups in total. The van der Waals surface area contributed by atoms with Gasteiger partial charge < -0.3 is 10.4 Å². The van der Waals surface area contributed by atoms with Crippen LogP contribution >= 0.6 is 11.3 Å². The quantitative estimate of drug-likeness (QED) is 0.573. The number of nitrogens with one attached hydrogen (secondary N) is 1. The summed E-state index contributed by atoms with van der Waals surface area (Å²) in [4.78, 5) is 18.6. The van der Waals surface area contributed by atoms with Crippen molar-refractivity contribution in [1.82, 2.24) is 9.97 Å². The highest BCUT2D eigenvalue weighted by molar-refractivity contribution is 7.17. The zero-order valence-electron chi connectivity index (χ0n) is 15.7. The van der Waals surface area contributed by atoms with Gasteiger partial charge in [0.1, 0.15) is 17.0 Å². The van der Waals surface area contributed by atoms with Crippen LogP contribution in [-0.2, 0) is 12.6 Å². The van der Waals surface area contributed by atoms with Crippen LogP contribution in [0.2, 0.25) is 0 Å². The SMILES string of the molecule is Cc1ccc(CCNc2cc(-c3cc(C(F)(F)F)c(C(=O)O)s3)ncn2)c(C)c1. The van der Waals surface area contributed by atoms with Gasteiger partial charge in [-0.25, -0.2) is 14.8 Å². The highest BCUT2D eigenvalue weighted by atomic mass is 32.1. The van der Waals surface area contributed by atoms with Gasteiger partial charge in [-0.15, -0.1) is 11.3 Å². The molecule has 0 atom stereocenters. The number of hydrogen-bond acceptors (Lipinski definition) is 5. The molecule has 9 heteroatoms. The fourth-order valence-electron chi connectivity index (χ4n) is 2.93. The number of alkyl halides is 3. The van der Waals surface area contributed by atoms with E-state index in [1.165, 1.54) is 29.1 Å². The lowest BCUT2D eigenvalue weighted by Gasteiger charge is -2.09. The summed E-state index contributed by atoms with van der Waals surface area (Å²) in [6.45, 7) is 4.65. The summed E-state index contributed by atoms with van der Waals surface area (Å²) in [7, 11) is 0. The number of hydrogen-bond donors (Lipinski definition) is 2. The van der Waals surface area contributed by atoms with Gasteiger partial charge in [0.2, 0.25) is 0 Å². The lowest BCUT2D eigenvalue weighted by atomic mass is 10.0. The summed E-state index contributed by atoms with van der Waals surface area (Å²) in [5, 5.41) is 12.2. The Morgan fingerprint density at radius 1 is 1.17 bits per heavy atom. The number of nitrogens with zero attached hydrogens (tertiary/aromatic N) is 2. The van der Waals surface area contributed by atoms with Crippen molar-refractivity contribution >= 4 is 23.1 Å². The topological polar surface area (TPSA) is 75.1 Å². The molecule has 0 aliphatic rings. The average molecular weight is 421 g/mol. The summed E-state index contributed by atoms with van der Waals surface area (Å²) in [5.41, 5.74) is 2.63. The second kappa shape index (κ2) is 8.20. The maximum absolute atomic E-state index is 13.1. The predicted molar refractivity (Wildman–Crippen MR) is 105 cm³/mol. The highest BCUT2D eigenvalue weighted by Crippen LogP contribution is 2.40. The second-order valence-corrected chi connectivity index (χ2v) is 7.60. The van der Waals surface area contributed by atoms with E-state index in [9.17, 15) is 18.0 Å². The Kier molecular flexibility index (Phi) is 5.88. The first-order valence-corrected chi connectivity index (χ1v) is 9.53. The molecule has 2 aromatic heterocycles. The van der Waals surface area contributed by atoms with Crippen LogP contribution in [0.1, 0.15) is 31.9 Å². The Morgan fingerprint density at radius 2 is 1.93 bits per heavy atom. The Labute approximate surface area is 169 Å². The number of aromatic nitrogens is 2. The van der Waals surface area contributed by atoms with E-state index in [-0.39, 0.29) is 10.6 Å². The molecule has 5 nitrogen and oxygen atoms in total. The smallest absolute Gasteiger partial charge is 0.418 e. The maximum Gasteiger partial charge on any atom is 0.418 e. The van der Waals surface area contributed by atoms with Gasteiger partial charge in [-0.1, -0.05) is 23.8 Å². The first-order valence-electron chi connectivity index (χ1n) is 8.72. The van der Waals surface area contributed by atoms with E-state index < -0.39 is 22.6 Å². The number of anilines is 1. The predicted octanol–water partition coefficient (Wildman–Crippen LogP) is 5.19. The van der Waals surface area contributed by atoms with Crippen molar-refractivity contribution in [1.29, 1.82) is 0 Å². The number of aromatic carboxylic acids is 1. The minimum absolute atomic E-state index is 0.120. The molecule has 3 aromatic rings. The molecule has 0 saturated heterocycles. The molecule has 29 heavy (non-hydrogen) atoms. The molecule has 0 radical (unpaired) electrons. The Bertz CT molecular complexity index is 1050. The van der Waals surface area contributed by atoms with Crippen molar-refractivity contribution in [2.75, 3.05) is 11.9 Å². The third-order valence-corrected chi connectivity index (χ3v) is 5.50. The van der Waals surface area contributed by atoms with Crippen molar-refractivity contribution in [2.45, 2.75) is 26.4 Å². The normalized spacial score (nSPS) is 11.5. The average Bonchev–Trinajstić information content (AvgIpc) is 3.10. The van der Waals surface area contributed by atoms with Crippen LogP contribution in [0.25, 0.3) is 10.6 Å². The van der Waals surface area contributed by atoms with Crippen LogP contribution < -0.4 is 5.32 Å². The van der Waals surface area contributed by atoms with Gasteiger partial charge >= 0.3 is 12.1 Å². The third kappa shape index (κ3) is 4.92. The molecule has 0 fully saturated rings. The van der Waals surface area contributed by atoms with Crippen molar-refractivity contribution in [3.63, 3.8) is 0 Å². The molecule has 0 saturated carbocycles. The van der Waals surface area contributed by atoms with Crippen LogP contribution in [-0.4, -0.2) is 27.6 Å². The minimum atomic E-state index is -4.75. The fraction of sp³-hybridized carbons (Fsp3) is 0.250. The van der Waals surface area contributed by atoms with Crippen LogP contribution in [0, 0.1) is 13.8 Å². The minimum Gasteiger partial charge on any atom is -0.477 e. The Balaban J connectivity index is 1.77. The molecule has 0 aliphatic heterocycles. The van der Waals surface area contributed by atoms with Crippen molar-refractivity contribution in [2.24, 2.45) is 0 Å². The van der Waals surface area contributed by atoms with E-state index in [0.717, 1.165) is 12.5 Å². The van der Waals surface area contributed by atoms with Gasteiger partial charge in [-0.05, 0) is 37.5 Å². The van der Waals surface area contributed by atoms with E-state index in [1.807, 2.05) is 19.9 Å². The number of aryl methyl sites for hydroxylation is 2. The molecule has 152 valence electrons. The van der Waals surface area contributed by atoms with Crippen molar-refractivity contribution in [3.05, 3.63) is 63.8 Å². The van der Waals surface area contributed by atoms with Gasteiger partial charge in [0.15, 0.2) is 0 Å². The summed E-state index contributed by atoms with van der Waals surface area (Å²) in [6, 6.07) is 8.54. The molecular weight excluding hydrogens is 403 g/mol. The Hall–Kier alpha value is -2.94. The van der Waals surface area contributed by atoms with Crippen LogP contribution in [0.4, 0.5) is 19.0 Å². The monoisotopic (exact) mass is 421 g/mol. The van der Waals surface area contributed by atoms with Crippen molar-refractivity contribution < 1.29 is 23.1 Å². The third-order valence-electron chi connectivity index (χ3n) is 4.35. The number of thiophene rings is 1. The van der Waals surface area contributed by atoms with Gasteiger partial charge in [-0.3, -0.25) is 0 Å². The number of carboxylic acid groups (broad SMARTS) is 1. The number of carbonyl (C=O) groups is 1. The van der Waals surface area contributed by atoms with Gasteiger partial charge in [-0.2, -0.15) is 13.2 Å². The highest BCUT2D eigenvalue weighted by Gasteiger charge is 2.37. The largest absolute Gasteiger partial charge is 0.477 e. The van der Waals surface area contributed by atoms with E-state index >= 15 is 0 Å². The number of rotatable bonds is 6. The number of carboxylic acids is 1. The van der Waals surface area contributed by atoms with E-state index in [0.29, 0.717) is 23.7 Å². The zero-order chi connectivity index (χ0) is 21.2. The van der Waals surface area contributed by atoms with E-state index in [4.69, 9.17) is 5.11 Å². The molecule has 0 bridgehead atoms. The zero-order valence-corrected chi connectivity index (χ0v) is 16.5. The summed E-state index contributed by atoms with van der Waals surface area (Å²) >= 11 is 0.543. The Morgan fingerprint density at radius 3 is 2.55 bits per heavy atom. The molecule has 3 rings (SSSR count). The van der Waals surface area contributed by atoms with Crippen molar-refractivity contribution in [3.8, 4) is 10.6 Å². The van der Waals surface area contributed by atoms with Crippen LogP contribution in [0.3, 0.4) is 0 Å². The molecule has 1 aromatic carbocycles. The van der Waals surface area contributed by atoms with Gasteiger partial charge in [0, 0.05) is 12.6 Å². The maximum atomic E-state index is 13.1.